The number of benzene rings is 1. The van der Waals surface area contributed by atoms with E-state index < -0.39 is 16.3 Å². The van der Waals surface area contributed by atoms with Crippen molar-refractivity contribution < 1.29 is 14.5 Å². The minimum atomic E-state index is -0.749. The van der Waals surface area contributed by atoms with E-state index in [2.05, 4.69) is 4.98 Å². The van der Waals surface area contributed by atoms with Crippen LogP contribution in [-0.2, 0) is 4.74 Å². The maximum Gasteiger partial charge on any atom is 0.343 e. The summed E-state index contributed by atoms with van der Waals surface area (Å²) < 4.78 is 4.78. The van der Waals surface area contributed by atoms with E-state index in [0.717, 1.165) is 0 Å². The van der Waals surface area contributed by atoms with Crippen molar-refractivity contribution in [1.29, 1.82) is 0 Å². The van der Waals surface area contributed by atoms with Gasteiger partial charge in [-0.15, -0.1) is 0 Å². The largest absolute Gasteiger partial charge is 0.462 e. The quantitative estimate of drug-likeness (QED) is 0.524. The molecule has 0 spiro atoms. The molecule has 104 valence electrons. The predicted molar refractivity (Wildman–Crippen MR) is 71.9 cm³/mol. The fourth-order valence-electron chi connectivity index (χ4n) is 2.02. The summed E-state index contributed by atoms with van der Waals surface area (Å²) in [4.78, 5) is 37.1. The molecule has 7 nitrogen and oxygen atoms in total. The lowest BCUT2D eigenvalue weighted by Crippen LogP contribution is -2.19. The number of carbonyl (C=O) groups excluding carboxylic acids is 1. The van der Waals surface area contributed by atoms with Crippen molar-refractivity contribution in [3.63, 3.8) is 0 Å². The standard InChI is InChI=1S/C13H12N2O5/c1-3-20-13(17)8-6-14-9-4-5-10(15(18)19)7(2)11(9)12(8)16/h4-6H,3H2,1-2H3,(H,14,16). The van der Waals surface area contributed by atoms with Gasteiger partial charge in [0, 0.05) is 17.8 Å². The van der Waals surface area contributed by atoms with Gasteiger partial charge in [0.15, 0.2) is 0 Å². The summed E-state index contributed by atoms with van der Waals surface area (Å²) in [5.74, 6) is -0.749. The summed E-state index contributed by atoms with van der Waals surface area (Å²) in [5.41, 5.74) is -0.239. The Morgan fingerprint density at radius 1 is 1.45 bits per heavy atom. The van der Waals surface area contributed by atoms with Crippen molar-refractivity contribution >= 4 is 22.6 Å². The maximum absolute atomic E-state index is 12.3. The normalized spacial score (nSPS) is 10.5. The summed E-state index contributed by atoms with van der Waals surface area (Å²) >= 11 is 0. The van der Waals surface area contributed by atoms with Gasteiger partial charge >= 0.3 is 5.97 Å². The Balaban J connectivity index is 2.77. The van der Waals surface area contributed by atoms with Crippen LogP contribution in [0.5, 0.6) is 0 Å². The predicted octanol–water partition coefficient (Wildman–Crippen LogP) is 1.92. The first kappa shape index (κ1) is 13.7. The molecule has 2 rings (SSSR count). The molecule has 0 amide bonds. The number of H-pyrrole nitrogens is 1. The third-order valence-corrected chi connectivity index (χ3v) is 2.97. The van der Waals surface area contributed by atoms with Crippen LogP contribution in [0, 0.1) is 17.0 Å². The molecule has 0 aliphatic carbocycles. The number of nitro groups is 1. The number of esters is 1. The van der Waals surface area contributed by atoms with E-state index in [9.17, 15) is 19.7 Å². The Labute approximate surface area is 113 Å². The van der Waals surface area contributed by atoms with Crippen molar-refractivity contribution in [2.45, 2.75) is 13.8 Å². The molecule has 0 radical (unpaired) electrons. The average Bonchev–Trinajstić information content (AvgIpc) is 2.38. The van der Waals surface area contributed by atoms with Crippen LogP contribution in [0.25, 0.3) is 10.9 Å². The number of nitrogens with zero attached hydrogens (tertiary/aromatic N) is 1. The lowest BCUT2D eigenvalue weighted by Gasteiger charge is -2.05. The van der Waals surface area contributed by atoms with E-state index in [1.54, 1.807) is 6.92 Å². The maximum atomic E-state index is 12.3. The first-order valence-corrected chi connectivity index (χ1v) is 5.93. The fourth-order valence-corrected chi connectivity index (χ4v) is 2.02. The topological polar surface area (TPSA) is 102 Å². The molecule has 0 fully saturated rings. The Kier molecular flexibility index (Phi) is 3.51. The van der Waals surface area contributed by atoms with Gasteiger partial charge in [-0.2, -0.15) is 0 Å². The highest BCUT2D eigenvalue weighted by Crippen LogP contribution is 2.23. The Bertz CT molecular complexity index is 763. The fraction of sp³-hybridized carbons (Fsp3) is 0.231. The number of aryl methyl sites for hydroxylation is 1. The molecule has 2 aromatic rings. The zero-order chi connectivity index (χ0) is 14.9. The number of aromatic amines is 1. The van der Waals surface area contributed by atoms with Crippen molar-refractivity contribution in [2.75, 3.05) is 6.61 Å². The zero-order valence-electron chi connectivity index (χ0n) is 10.9. The van der Waals surface area contributed by atoms with Gasteiger partial charge in [-0.05, 0) is 19.9 Å². The van der Waals surface area contributed by atoms with Crippen LogP contribution in [0.1, 0.15) is 22.8 Å². The van der Waals surface area contributed by atoms with Gasteiger partial charge in [0.1, 0.15) is 5.56 Å². The zero-order valence-corrected chi connectivity index (χ0v) is 10.9. The van der Waals surface area contributed by atoms with E-state index in [4.69, 9.17) is 4.74 Å². The summed E-state index contributed by atoms with van der Waals surface area (Å²) in [6, 6.07) is 2.76. The van der Waals surface area contributed by atoms with Crippen molar-refractivity contribution in [3.8, 4) is 0 Å². The number of fused-ring (bicyclic) bond motifs is 1. The van der Waals surface area contributed by atoms with Gasteiger partial charge in [-0.25, -0.2) is 4.79 Å². The summed E-state index contributed by atoms with van der Waals surface area (Å²) in [6.07, 6.45) is 1.26. The Hall–Kier alpha value is -2.70. The smallest absolute Gasteiger partial charge is 0.343 e. The van der Waals surface area contributed by atoms with Crippen molar-refractivity contribution in [1.82, 2.24) is 4.98 Å². The van der Waals surface area contributed by atoms with Gasteiger partial charge in [0.25, 0.3) is 5.69 Å². The highest BCUT2D eigenvalue weighted by molar-refractivity contribution is 5.95. The second-order valence-electron chi connectivity index (χ2n) is 4.14. The first-order chi connectivity index (χ1) is 9.47. The number of aromatic nitrogens is 1. The van der Waals surface area contributed by atoms with Crippen LogP contribution in [0.2, 0.25) is 0 Å². The molecule has 1 aromatic heterocycles. The lowest BCUT2D eigenvalue weighted by molar-refractivity contribution is -0.385. The van der Waals surface area contributed by atoms with Crippen LogP contribution >= 0.6 is 0 Å². The van der Waals surface area contributed by atoms with Crippen molar-refractivity contribution in [2.24, 2.45) is 0 Å². The molecule has 0 aliphatic heterocycles. The van der Waals surface area contributed by atoms with E-state index in [0.29, 0.717) is 5.52 Å². The molecule has 0 saturated carbocycles. The average molecular weight is 276 g/mol. The molecular weight excluding hydrogens is 264 g/mol. The number of rotatable bonds is 3. The van der Waals surface area contributed by atoms with Crippen LogP contribution in [0.15, 0.2) is 23.1 Å². The molecule has 1 aromatic carbocycles. The number of pyridine rings is 1. The number of hydrogen-bond acceptors (Lipinski definition) is 5. The first-order valence-electron chi connectivity index (χ1n) is 5.93. The summed E-state index contributed by atoms with van der Waals surface area (Å²) in [7, 11) is 0. The summed E-state index contributed by atoms with van der Waals surface area (Å²) in [5, 5.41) is 11.0. The Morgan fingerprint density at radius 3 is 2.75 bits per heavy atom. The second-order valence-corrected chi connectivity index (χ2v) is 4.14. The number of nitro benzene ring substituents is 1. The van der Waals surface area contributed by atoms with Crippen LogP contribution in [0.4, 0.5) is 5.69 Å². The minimum absolute atomic E-state index is 0.129. The number of carbonyl (C=O) groups is 1. The number of ether oxygens (including phenoxy) is 1. The molecular formula is C13H12N2O5. The van der Waals surface area contributed by atoms with E-state index >= 15 is 0 Å². The van der Waals surface area contributed by atoms with Crippen LogP contribution in [0.3, 0.4) is 0 Å². The summed E-state index contributed by atoms with van der Waals surface area (Å²) in [6.45, 7) is 3.25. The molecule has 0 bridgehead atoms. The minimum Gasteiger partial charge on any atom is -0.462 e. The van der Waals surface area contributed by atoms with E-state index in [1.807, 2.05) is 0 Å². The molecule has 0 atom stereocenters. The van der Waals surface area contributed by atoms with E-state index in [-0.39, 0.29) is 28.8 Å². The van der Waals surface area contributed by atoms with Gasteiger partial charge in [0.2, 0.25) is 5.43 Å². The van der Waals surface area contributed by atoms with Gasteiger partial charge < -0.3 is 9.72 Å². The highest BCUT2D eigenvalue weighted by Gasteiger charge is 2.19. The SMILES string of the molecule is CCOC(=O)c1c[nH]c2ccc([N+](=O)[O-])c(C)c2c1=O. The molecule has 0 unspecified atom stereocenters. The Morgan fingerprint density at radius 2 is 2.15 bits per heavy atom. The van der Waals surface area contributed by atoms with Gasteiger partial charge in [-0.1, -0.05) is 0 Å². The third-order valence-electron chi connectivity index (χ3n) is 2.97. The lowest BCUT2D eigenvalue weighted by atomic mass is 10.1. The van der Waals surface area contributed by atoms with E-state index in [1.165, 1.54) is 25.3 Å². The van der Waals surface area contributed by atoms with Crippen LogP contribution < -0.4 is 5.43 Å². The second kappa shape index (κ2) is 5.12. The molecule has 20 heavy (non-hydrogen) atoms. The molecule has 0 saturated heterocycles. The monoisotopic (exact) mass is 276 g/mol. The molecule has 1 heterocycles. The van der Waals surface area contributed by atoms with Crippen LogP contribution in [-0.4, -0.2) is 22.5 Å². The highest BCUT2D eigenvalue weighted by atomic mass is 16.6. The number of hydrogen-bond donors (Lipinski definition) is 1. The third kappa shape index (κ3) is 2.13. The molecule has 0 aliphatic rings. The number of nitrogens with one attached hydrogen (secondary N) is 1. The van der Waals surface area contributed by atoms with Gasteiger partial charge in [0.05, 0.1) is 22.4 Å². The van der Waals surface area contributed by atoms with Crippen molar-refractivity contribution in [3.05, 3.63) is 49.8 Å². The molecule has 1 N–H and O–H groups in total. The molecule has 7 heteroatoms. The van der Waals surface area contributed by atoms with Gasteiger partial charge in [-0.3, -0.25) is 14.9 Å².